The molecule has 3 aromatic rings. The molecule has 210 valence electrons. The average molecular weight is 551 g/mol. The molecule has 4 atom stereocenters. The average Bonchev–Trinajstić information content (AvgIpc) is 2.90. The molecule has 6 nitrogen and oxygen atoms in total. The first-order valence-electron chi connectivity index (χ1n) is 13.5. The third-order valence-corrected chi connectivity index (χ3v) is 9.29. The molecule has 0 aliphatic heterocycles. The molecule has 3 rings (SSSR count). The number of rotatable bonds is 12. The summed E-state index contributed by atoms with van der Waals surface area (Å²) in [5.74, 6) is 0.628. The van der Waals surface area contributed by atoms with Crippen molar-refractivity contribution in [2.24, 2.45) is 11.7 Å². The highest BCUT2D eigenvalue weighted by Crippen LogP contribution is 2.36. The largest absolute Gasteiger partial charge is 0.488 e. The van der Waals surface area contributed by atoms with Crippen LogP contribution in [0.25, 0.3) is 0 Å². The van der Waals surface area contributed by atoms with E-state index in [4.69, 9.17) is 15.2 Å². The number of hydrogen-bond acceptors (Lipinski definition) is 5. The number of ether oxygens (including phenoxy) is 2. The van der Waals surface area contributed by atoms with E-state index < -0.39 is 26.3 Å². The van der Waals surface area contributed by atoms with E-state index in [1.807, 2.05) is 45.0 Å². The van der Waals surface area contributed by atoms with Crippen molar-refractivity contribution in [3.63, 3.8) is 0 Å². The van der Waals surface area contributed by atoms with Crippen molar-refractivity contribution < 1.29 is 19.4 Å². The summed E-state index contributed by atoms with van der Waals surface area (Å²) in [5, 5.41) is 16.8. The van der Waals surface area contributed by atoms with Crippen molar-refractivity contribution >= 4 is 24.6 Å². The van der Waals surface area contributed by atoms with Crippen molar-refractivity contribution in [2.75, 3.05) is 6.16 Å². The Hall–Kier alpha value is -2.92. The van der Waals surface area contributed by atoms with Gasteiger partial charge in [-0.15, -0.1) is 0 Å². The summed E-state index contributed by atoms with van der Waals surface area (Å²) in [6.07, 6.45) is -2.39. The van der Waals surface area contributed by atoms with Gasteiger partial charge in [-0.25, -0.2) is 4.79 Å². The van der Waals surface area contributed by atoms with Gasteiger partial charge in [0.2, 0.25) is 0 Å². The summed E-state index contributed by atoms with van der Waals surface area (Å²) in [5.41, 5.74) is 6.55. The summed E-state index contributed by atoms with van der Waals surface area (Å²) in [6, 6.07) is 28.9. The Balaban J connectivity index is 1.93. The molecule has 0 spiro atoms. The normalized spacial score (nSPS) is 15.0. The van der Waals surface area contributed by atoms with Gasteiger partial charge in [-0.2, -0.15) is 0 Å². The highest BCUT2D eigenvalue weighted by atomic mass is 31.1. The van der Waals surface area contributed by atoms with Crippen LogP contribution in [0.5, 0.6) is 5.75 Å². The van der Waals surface area contributed by atoms with Gasteiger partial charge in [-0.3, -0.25) is 5.32 Å². The van der Waals surface area contributed by atoms with Gasteiger partial charge in [0.25, 0.3) is 0 Å². The zero-order valence-corrected chi connectivity index (χ0v) is 24.8. The molecule has 0 aliphatic rings. The fourth-order valence-electron chi connectivity index (χ4n) is 4.43. The summed E-state index contributed by atoms with van der Waals surface area (Å²) >= 11 is 0. The molecular formula is C32H43N2O4P. The van der Waals surface area contributed by atoms with Crippen LogP contribution in [0.15, 0.2) is 84.9 Å². The van der Waals surface area contributed by atoms with Crippen molar-refractivity contribution in [2.45, 2.75) is 71.4 Å². The second kappa shape index (κ2) is 13.9. The van der Waals surface area contributed by atoms with Gasteiger partial charge >= 0.3 is 6.09 Å². The van der Waals surface area contributed by atoms with Gasteiger partial charge in [0.05, 0.1) is 0 Å². The SMILES string of the molecule is CC(C)[C@@H](OC(N)=O)C(O)N[C@@H](C)[C@H](CP(c1ccccc1)c1ccccc1)Oc1ccc(C(C)(C)C)cc1. The molecule has 0 aliphatic carbocycles. The molecule has 0 aromatic heterocycles. The van der Waals surface area contributed by atoms with Crippen LogP contribution in [0.4, 0.5) is 4.79 Å². The second-order valence-electron chi connectivity index (χ2n) is 11.3. The van der Waals surface area contributed by atoms with E-state index in [0.29, 0.717) is 6.16 Å². The first-order chi connectivity index (χ1) is 18.5. The summed E-state index contributed by atoms with van der Waals surface area (Å²) < 4.78 is 11.9. The van der Waals surface area contributed by atoms with Crippen LogP contribution in [0.3, 0.4) is 0 Å². The molecule has 1 unspecified atom stereocenters. The summed E-state index contributed by atoms with van der Waals surface area (Å²) in [6.45, 7) is 12.3. The van der Waals surface area contributed by atoms with E-state index in [-0.39, 0.29) is 23.5 Å². The number of primary amides is 1. The Kier molecular flexibility index (Phi) is 10.9. The monoisotopic (exact) mass is 550 g/mol. The third kappa shape index (κ3) is 9.06. The minimum Gasteiger partial charge on any atom is -0.488 e. The van der Waals surface area contributed by atoms with Crippen LogP contribution in [-0.4, -0.2) is 41.8 Å². The Morgan fingerprint density at radius 3 is 1.85 bits per heavy atom. The molecular weight excluding hydrogens is 507 g/mol. The summed E-state index contributed by atoms with van der Waals surface area (Å²) in [7, 11) is -0.762. The molecule has 1 amide bonds. The van der Waals surface area contributed by atoms with E-state index in [0.717, 1.165) is 5.75 Å². The fraction of sp³-hybridized carbons (Fsp3) is 0.406. The van der Waals surface area contributed by atoms with E-state index in [9.17, 15) is 9.90 Å². The van der Waals surface area contributed by atoms with Gasteiger partial charge < -0.3 is 20.3 Å². The van der Waals surface area contributed by atoms with Crippen LogP contribution in [-0.2, 0) is 10.2 Å². The van der Waals surface area contributed by atoms with Gasteiger partial charge in [0, 0.05) is 12.2 Å². The molecule has 0 fully saturated rings. The number of aliphatic hydroxyl groups excluding tert-OH is 1. The number of carbonyl (C=O) groups is 1. The molecule has 0 bridgehead atoms. The van der Waals surface area contributed by atoms with Crippen molar-refractivity contribution in [1.29, 1.82) is 0 Å². The minimum absolute atomic E-state index is 0.0398. The maximum atomic E-state index is 11.5. The highest BCUT2D eigenvalue weighted by molar-refractivity contribution is 7.73. The molecule has 39 heavy (non-hydrogen) atoms. The lowest BCUT2D eigenvalue weighted by Gasteiger charge is -2.34. The molecule has 0 radical (unpaired) electrons. The van der Waals surface area contributed by atoms with Gasteiger partial charge in [-0.1, -0.05) is 107 Å². The van der Waals surface area contributed by atoms with Crippen molar-refractivity contribution in [1.82, 2.24) is 5.32 Å². The number of nitrogens with two attached hydrogens (primary N) is 1. The Morgan fingerprint density at radius 1 is 0.897 bits per heavy atom. The maximum Gasteiger partial charge on any atom is 0.404 e. The number of aliphatic hydroxyl groups is 1. The Labute approximate surface area is 234 Å². The van der Waals surface area contributed by atoms with Crippen molar-refractivity contribution in [3.8, 4) is 5.75 Å². The van der Waals surface area contributed by atoms with Crippen LogP contribution < -0.4 is 26.4 Å². The smallest absolute Gasteiger partial charge is 0.404 e. The fourth-order valence-corrected chi connectivity index (χ4v) is 6.97. The Bertz CT molecular complexity index is 1110. The van der Waals surface area contributed by atoms with Crippen LogP contribution in [0.2, 0.25) is 0 Å². The molecule has 3 aromatic carbocycles. The standard InChI is InChI=1S/C32H43N2O4P/c1-22(2)29(38-31(33)36)30(35)34-23(3)28(37-25-19-17-24(18-20-25)32(4,5)6)21-39(26-13-9-7-10-14-26)27-15-11-8-12-16-27/h7-20,22-23,28-30,34-35H,21H2,1-6H3,(H2,33,36)/t23-,28-,29+,30?/m0/s1. The number of benzene rings is 3. The summed E-state index contributed by atoms with van der Waals surface area (Å²) in [4.78, 5) is 11.5. The van der Waals surface area contributed by atoms with E-state index in [1.165, 1.54) is 16.2 Å². The maximum absolute atomic E-state index is 11.5. The lowest BCUT2D eigenvalue weighted by molar-refractivity contribution is -0.0442. The van der Waals surface area contributed by atoms with E-state index in [1.54, 1.807) is 0 Å². The molecule has 0 saturated carbocycles. The zero-order valence-electron chi connectivity index (χ0n) is 23.9. The van der Waals surface area contributed by atoms with E-state index in [2.05, 4.69) is 86.8 Å². The molecule has 7 heteroatoms. The topological polar surface area (TPSA) is 93.8 Å². The molecule has 0 saturated heterocycles. The van der Waals surface area contributed by atoms with Gasteiger partial charge in [0.1, 0.15) is 24.2 Å². The van der Waals surface area contributed by atoms with Crippen LogP contribution >= 0.6 is 7.92 Å². The second-order valence-corrected chi connectivity index (χ2v) is 13.5. The number of nitrogens with one attached hydrogen (secondary N) is 1. The minimum atomic E-state index is -1.11. The predicted octanol–water partition coefficient (Wildman–Crippen LogP) is 5.28. The highest BCUT2D eigenvalue weighted by Gasteiger charge is 2.32. The van der Waals surface area contributed by atoms with Crippen molar-refractivity contribution in [3.05, 3.63) is 90.5 Å². The van der Waals surface area contributed by atoms with Gasteiger partial charge in [0.15, 0.2) is 0 Å². The quantitative estimate of drug-likeness (QED) is 0.211. The van der Waals surface area contributed by atoms with E-state index >= 15 is 0 Å². The number of hydrogen-bond donors (Lipinski definition) is 3. The number of carbonyl (C=O) groups excluding carboxylic acids is 1. The lowest BCUT2D eigenvalue weighted by atomic mass is 9.87. The first-order valence-corrected chi connectivity index (χ1v) is 15.0. The van der Waals surface area contributed by atoms with Crippen LogP contribution in [0, 0.1) is 5.92 Å². The third-order valence-electron chi connectivity index (χ3n) is 6.72. The molecule has 0 heterocycles. The van der Waals surface area contributed by atoms with Gasteiger partial charge in [-0.05, 0) is 54.5 Å². The molecule has 4 N–H and O–H groups in total. The Morgan fingerprint density at radius 2 is 1.41 bits per heavy atom. The first kappa shape index (κ1) is 30.6. The lowest BCUT2D eigenvalue weighted by Crippen LogP contribution is -2.54. The van der Waals surface area contributed by atoms with Crippen LogP contribution in [0.1, 0.15) is 47.1 Å². The zero-order chi connectivity index (χ0) is 28.6. The predicted molar refractivity (Wildman–Crippen MR) is 161 cm³/mol. The number of amides is 1.